The van der Waals surface area contributed by atoms with Gasteiger partial charge in [-0.25, -0.2) is 0 Å². The topological polar surface area (TPSA) is 55.6 Å². The van der Waals surface area contributed by atoms with Crippen molar-refractivity contribution in [1.82, 2.24) is 4.90 Å². The van der Waals surface area contributed by atoms with Crippen molar-refractivity contribution in [3.05, 3.63) is 29.8 Å². The number of likely N-dealkylation sites (tertiary alicyclic amines) is 1. The lowest BCUT2D eigenvalue weighted by Gasteiger charge is -2.32. The van der Waals surface area contributed by atoms with Crippen LogP contribution in [0.3, 0.4) is 0 Å². The third-order valence-electron chi connectivity index (χ3n) is 3.93. The lowest BCUT2D eigenvalue weighted by atomic mass is 9.94. The second-order valence-electron chi connectivity index (χ2n) is 5.71. The van der Waals surface area contributed by atoms with E-state index >= 15 is 0 Å². The summed E-state index contributed by atoms with van der Waals surface area (Å²) in [7, 11) is 0. The zero-order chi connectivity index (χ0) is 15.1. The molecule has 1 aliphatic heterocycles. The standard InChI is InChI=1S/C17H26N2O2/c1-2-11-21-16-7-3-6-15(12-16)17(20)19-10-4-5-14(13-19)8-9-18/h3,6-7,12,14H,2,4-5,8-11,13,18H2,1H3. The Morgan fingerprint density at radius 2 is 2.33 bits per heavy atom. The van der Waals surface area contributed by atoms with E-state index in [4.69, 9.17) is 10.5 Å². The SMILES string of the molecule is CCCOc1cccc(C(=O)N2CCCC(CCN)C2)c1. The van der Waals surface area contributed by atoms with Gasteiger partial charge in [0.1, 0.15) is 5.75 Å². The quantitative estimate of drug-likeness (QED) is 0.876. The summed E-state index contributed by atoms with van der Waals surface area (Å²) in [6.07, 6.45) is 4.22. The molecule has 4 heteroatoms. The minimum absolute atomic E-state index is 0.110. The number of hydrogen-bond acceptors (Lipinski definition) is 3. The summed E-state index contributed by atoms with van der Waals surface area (Å²) in [5.41, 5.74) is 6.36. The van der Waals surface area contributed by atoms with Gasteiger partial charge < -0.3 is 15.4 Å². The fraction of sp³-hybridized carbons (Fsp3) is 0.588. The molecule has 1 aromatic rings. The van der Waals surface area contributed by atoms with Crippen LogP contribution in [0.4, 0.5) is 0 Å². The molecule has 4 nitrogen and oxygen atoms in total. The third kappa shape index (κ3) is 4.46. The van der Waals surface area contributed by atoms with Crippen LogP contribution in [-0.2, 0) is 0 Å². The first-order valence-electron chi connectivity index (χ1n) is 7.96. The maximum Gasteiger partial charge on any atom is 0.253 e. The highest BCUT2D eigenvalue weighted by Crippen LogP contribution is 2.22. The minimum Gasteiger partial charge on any atom is -0.494 e. The zero-order valence-corrected chi connectivity index (χ0v) is 12.9. The van der Waals surface area contributed by atoms with Crippen LogP contribution in [0.15, 0.2) is 24.3 Å². The number of nitrogens with zero attached hydrogens (tertiary/aromatic N) is 1. The molecular weight excluding hydrogens is 264 g/mol. The molecule has 1 amide bonds. The molecule has 2 rings (SSSR count). The summed E-state index contributed by atoms with van der Waals surface area (Å²) in [6.45, 7) is 5.13. The highest BCUT2D eigenvalue weighted by Gasteiger charge is 2.24. The third-order valence-corrected chi connectivity index (χ3v) is 3.93. The molecule has 1 atom stereocenters. The average molecular weight is 290 g/mol. The number of carbonyl (C=O) groups is 1. The molecule has 116 valence electrons. The molecular formula is C17H26N2O2. The number of benzene rings is 1. The zero-order valence-electron chi connectivity index (χ0n) is 12.9. The fourth-order valence-corrected chi connectivity index (χ4v) is 2.84. The Hall–Kier alpha value is -1.55. The van der Waals surface area contributed by atoms with E-state index in [2.05, 4.69) is 6.92 Å². The normalized spacial score (nSPS) is 18.6. The van der Waals surface area contributed by atoms with E-state index in [1.54, 1.807) is 0 Å². The Morgan fingerprint density at radius 3 is 3.10 bits per heavy atom. The number of carbonyl (C=O) groups excluding carboxylic acids is 1. The molecule has 2 N–H and O–H groups in total. The molecule has 1 fully saturated rings. The van der Waals surface area contributed by atoms with Gasteiger partial charge in [-0.1, -0.05) is 13.0 Å². The largest absolute Gasteiger partial charge is 0.494 e. The van der Waals surface area contributed by atoms with Gasteiger partial charge in [0, 0.05) is 18.7 Å². The second-order valence-corrected chi connectivity index (χ2v) is 5.71. The molecule has 0 bridgehead atoms. The van der Waals surface area contributed by atoms with Crippen molar-refractivity contribution in [2.75, 3.05) is 26.2 Å². The molecule has 0 spiro atoms. The monoisotopic (exact) mass is 290 g/mol. The first-order chi connectivity index (χ1) is 10.2. The van der Waals surface area contributed by atoms with Gasteiger partial charge in [0.2, 0.25) is 0 Å². The average Bonchev–Trinajstić information content (AvgIpc) is 2.53. The van der Waals surface area contributed by atoms with E-state index in [9.17, 15) is 4.79 Å². The molecule has 1 aliphatic rings. The number of amides is 1. The Bertz CT molecular complexity index is 460. The number of rotatable bonds is 6. The van der Waals surface area contributed by atoms with E-state index in [1.165, 1.54) is 6.42 Å². The highest BCUT2D eigenvalue weighted by molar-refractivity contribution is 5.94. The summed E-state index contributed by atoms with van der Waals surface area (Å²) in [4.78, 5) is 14.6. The van der Waals surface area contributed by atoms with Crippen LogP contribution in [0.25, 0.3) is 0 Å². The molecule has 1 aromatic carbocycles. The van der Waals surface area contributed by atoms with Crippen LogP contribution in [0.1, 0.15) is 43.0 Å². The van der Waals surface area contributed by atoms with Gasteiger partial charge in [0.25, 0.3) is 5.91 Å². The van der Waals surface area contributed by atoms with Crippen molar-refractivity contribution in [2.24, 2.45) is 11.7 Å². The van der Waals surface area contributed by atoms with Crippen molar-refractivity contribution in [3.63, 3.8) is 0 Å². The molecule has 21 heavy (non-hydrogen) atoms. The van der Waals surface area contributed by atoms with E-state index in [1.807, 2.05) is 29.2 Å². The predicted octanol–water partition coefficient (Wildman–Crippen LogP) is 2.68. The molecule has 1 saturated heterocycles. The lowest BCUT2D eigenvalue weighted by Crippen LogP contribution is -2.40. The van der Waals surface area contributed by atoms with E-state index in [-0.39, 0.29) is 5.91 Å². The Kier molecular flexibility index (Phi) is 6.05. The summed E-state index contributed by atoms with van der Waals surface area (Å²) < 4.78 is 5.61. The van der Waals surface area contributed by atoms with Crippen molar-refractivity contribution < 1.29 is 9.53 Å². The minimum atomic E-state index is 0.110. The fourth-order valence-electron chi connectivity index (χ4n) is 2.84. The smallest absolute Gasteiger partial charge is 0.253 e. The Labute approximate surface area is 127 Å². The maximum absolute atomic E-state index is 12.6. The Balaban J connectivity index is 2.01. The van der Waals surface area contributed by atoms with Gasteiger partial charge in [-0.3, -0.25) is 4.79 Å². The van der Waals surface area contributed by atoms with Crippen LogP contribution in [0, 0.1) is 5.92 Å². The molecule has 0 aromatic heterocycles. The molecule has 0 radical (unpaired) electrons. The molecule has 0 aliphatic carbocycles. The highest BCUT2D eigenvalue weighted by atomic mass is 16.5. The van der Waals surface area contributed by atoms with Crippen molar-refractivity contribution in [3.8, 4) is 5.75 Å². The summed E-state index contributed by atoms with van der Waals surface area (Å²) in [5, 5.41) is 0. The number of piperidine rings is 1. The van der Waals surface area contributed by atoms with Crippen LogP contribution < -0.4 is 10.5 Å². The van der Waals surface area contributed by atoms with Crippen LogP contribution in [0.2, 0.25) is 0 Å². The predicted molar refractivity (Wildman–Crippen MR) is 84.5 cm³/mol. The van der Waals surface area contributed by atoms with Crippen LogP contribution >= 0.6 is 0 Å². The first kappa shape index (κ1) is 15.8. The maximum atomic E-state index is 12.6. The van der Waals surface area contributed by atoms with Gasteiger partial charge >= 0.3 is 0 Å². The van der Waals surface area contributed by atoms with Gasteiger partial charge in [-0.15, -0.1) is 0 Å². The Morgan fingerprint density at radius 1 is 1.48 bits per heavy atom. The van der Waals surface area contributed by atoms with Gasteiger partial charge in [-0.05, 0) is 56.3 Å². The number of hydrogen-bond donors (Lipinski definition) is 1. The van der Waals surface area contributed by atoms with Crippen molar-refractivity contribution >= 4 is 5.91 Å². The molecule has 1 unspecified atom stereocenters. The lowest BCUT2D eigenvalue weighted by molar-refractivity contribution is 0.0669. The van der Waals surface area contributed by atoms with Gasteiger partial charge in [0.05, 0.1) is 6.61 Å². The van der Waals surface area contributed by atoms with Crippen molar-refractivity contribution in [1.29, 1.82) is 0 Å². The number of nitrogens with two attached hydrogens (primary N) is 1. The second kappa shape index (κ2) is 8.03. The van der Waals surface area contributed by atoms with E-state index in [0.29, 0.717) is 19.1 Å². The van der Waals surface area contributed by atoms with Crippen molar-refractivity contribution in [2.45, 2.75) is 32.6 Å². The first-order valence-corrected chi connectivity index (χ1v) is 7.96. The van der Waals surface area contributed by atoms with Crippen LogP contribution in [0.5, 0.6) is 5.75 Å². The van der Waals surface area contributed by atoms with Gasteiger partial charge in [0.15, 0.2) is 0 Å². The number of ether oxygens (including phenoxy) is 1. The summed E-state index contributed by atoms with van der Waals surface area (Å²) in [6, 6.07) is 7.51. The van der Waals surface area contributed by atoms with Gasteiger partial charge in [-0.2, -0.15) is 0 Å². The van der Waals surface area contributed by atoms with Crippen LogP contribution in [-0.4, -0.2) is 37.0 Å². The summed E-state index contributed by atoms with van der Waals surface area (Å²) >= 11 is 0. The van der Waals surface area contributed by atoms with E-state index in [0.717, 1.165) is 43.7 Å². The summed E-state index contributed by atoms with van der Waals surface area (Å²) in [5.74, 6) is 1.43. The molecule has 1 heterocycles. The van der Waals surface area contributed by atoms with E-state index < -0.39 is 0 Å². The molecule has 0 saturated carbocycles.